The van der Waals surface area contributed by atoms with Crippen molar-refractivity contribution in [3.05, 3.63) is 22.3 Å². The SMILES string of the molecule is O=C(Cn1c(-c2cccs2)n[nH]c1=S)N1CCC(C(=O)N2CCCCC2)CC1. The molecule has 0 aromatic carbocycles. The summed E-state index contributed by atoms with van der Waals surface area (Å²) < 4.78 is 2.21. The Kier molecular flexibility index (Phi) is 5.91. The van der Waals surface area contributed by atoms with Crippen molar-refractivity contribution in [2.75, 3.05) is 26.2 Å². The van der Waals surface area contributed by atoms with Gasteiger partial charge in [-0.25, -0.2) is 0 Å². The van der Waals surface area contributed by atoms with Gasteiger partial charge in [-0.2, -0.15) is 5.10 Å². The Bertz CT molecular complexity index is 875. The summed E-state index contributed by atoms with van der Waals surface area (Å²) in [5, 5.41) is 9.05. The molecular weight excluding hydrogens is 394 g/mol. The van der Waals surface area contributed by atoms with Crippen LogP contribution in [0.2, 0.25) is 0 Å². The van der Waals surface area contributed by atoms with Gasteiger partial charge in [-0.3, -0.25) is 19.3 Å². The molecule has 0 saturated carbocycles. The predicted octanol–water partition coefficient (Wildman–Crippen LogP) is 2.92. The van der Waals surface area contributed by atoms with Crippen LogP contribution >= 0.6 is 23.6 Å². The van der Waals surface area contributed by atoms with E-state index in [1.807, 2.05) is 27.3 Å². The molecule has 0 spiro atoms. The number of aromatic amines is 1. The van der Waals surface area contributed by atoms with E-state index in [9.17, 15) is 9.59 Å². The van der Waals surface area contributed by atoms with E-state index in [2.05, 4.69) is 10.2 Å². The third-order valence-corrected chi connectivity index (χ3v) is 6.84. The molecule has 2 saturated heterocycles. The number of aromatic nitrogens is 3. The minimum atomic E-state index is 0.0270. The van der Waals surface area contributed by atoms with E-state index < -0.39 is 0 Å². The zero-order chi connectivity index (χ0) is 19.5. The Hall–Kier alpha value is -2.00. The number of amides is 2. The molecule has 28 heavy (non-hydrogen) atoms. The van der Waals surface area contributed by atoms with Crippen molar-refractivity contribution >= 4 is 35.4 Å². The fourth-order valence-electron chi connectivity index (χ4n) is 4.04. The van der Waals surface area contributed by atoms with Gasteiger partial charge in [0.15, 0.2) is 10.6 Å². The van der Waals surface area contributed by atoms with Crippen molar-refractivity contribution in [2.24, 2.45) is 5.92 Å². The highest BCUT2D eigenvalue weighted by Crippen LogP contribution is 2.24. The van der Waals surface area contributed by atoms with Crippen LogP contribution in [0, 0.1) is 10.7 Å². The molecule has 0 unspecified atom stereocenters. The molecular formula is C19H25N5O2S2. The summed E-state index contributed by atoms with van der Waals surface area (Å²) in [5.74, 6) is 1.06. The summed E-state index contributed by atoms with van der Waals surface area (Å²) in [5.41, 5.74) is 0. The number of hydrogen-bond donors (Lipinski definition) is 1. The highest BCUT2D eigenvalue weighted by molar-refractivity contribution is 7.71. The summed E-state index contributed by atoms with van der Waals surface area (Å²) in [6, 6.07) is 3.92. The quantitative estimate of drug-likeness (QED) is 0.774. The van der Waals surface area contributed by atoms with Crippen LogP contribution in [0.25, 0.3) is 10.7 Å². The van der Waals surface area contributed by atoms with Crippen LogP contribution in [-0.2, 0) is 16.1 Å². The van der Waals surface area contributed by atoms with E-state index in [-0.39, 0.29) is 24.3 Å². The molecule has 0 atom stereocenters. The highest BCUT2D eigenvalue weighted by Gasteiger charge is 2.31. The number of carbonyl (C=O) groups excluding carboxylic acids is 2. The summed E-state index contributed by atoms with van der Waals surface area (Å²) in [7, 11) is 0. The number of carbonyl (C=O) groups is 2. The molecule has 2 fully saturated rings. The van der Waals surface area contributed by atoms with Crippen LogP contribution in [0.4, 0.5) is 0 Å². The first-order valence-corrected chi connectivity index (χ1v) is 11.2. The molecule has 2 aliphatic heterocycles. The number of thiophene rings is 1. The van der Waals surface area contributed by atoms with E-state index in [0.717, 1.165) is 43.6 Å². The van der Waals surface area contributed by atoms with Crippen molar-refractivity contribution in [3.63, 3.8) is 0 Å². The molecule has 2 aromatic rings. The molecule has 4 rings (SSSR count). The minimum Gasteiger partial charge on any atom is -0.342 e. The predicted molar refractivity (Wildman–Crippen MR) is 110 cm³/mol. The van der Waals surface area contributed by atoms with Gasteiger partial charge >= 0.3 is 0 Å². The summed E-state index contributed by atoms with van der Waals surface area (Å²) in [4.78, 5) is 30.4. The molecule has 2 aliphatic rings. The van der Waals surface area contributed by atoms with Crippen LogP contribution in [0.1, 0.15) is 32.1 Å². The van der Waals surface area contributed by atoms with Gasteiger partial charge in [0.25, 0.3) is 0 Å². The van der Waals surface area contributed by atoms with Gasteiger partial charge in [-0.1, -0.05) is 6.07 Å². The number of piperidine rings is 2. The Morgan fingerprint density at radius 1 is 1.14 bits per heavy atom. The fraction of sp³-hybridized carbons (Fsp3) is 0.579. The summed E-state index contributed by atoms with van der Waals surface area (Å²) >= 11 is 6.89. The maximum absolute atomic E-state index is 12.8. The van der Waals surface area contributed by atoms with Gasteiger partial charge in [-0.05, 0) is 55.8 Å². The van der Waals surface area contributed by atoms with Crippen molar-refractivity contribution in [1.29, 1.82) is 0 Å². The van der Waals surface area contributed by atoms with Crippen LogP contribution in [-0.4, -0.2) is 62.6 Å². The first-order valence-electron chi connectivity index (χ1n) is 9.89. The second-order valence-corrected chi connectivity index (χ2v) is 8.79. The average Bonchev–Trinajstić information content (AvgIpc) is 3.39. The van der Waals surface area contributed by atoms with Gasteiger partial charge in [-0.15, -0.1) is 11.3 Å². The molecule has 4 heterocycles. The number of rotatable bonds is 4. The molecule has 2 amide bonds. The van der Waals surface area contributed by atoms with Crippen LogP contribution in [0.15, 0.2) is 17.5 Å². The van der Waals surface area contributed by atoms with Crippen molar-refractivity contribution in [2.45, 2.75) is 38.6 Å². The molecule has 2 aromatic heterocycles. The minimum absolute atomic E-state index is 0.0270. The molecule has 7 nitrogen and oxygen atoms in total. The van der Waals surface area contributed by atoms with Crippen LogP contribution < -0.4 is 0 Å². The topological polar surface area (TPSA) is 74.2 Å². The van der Waals surface area contributed by atoms with Crippen LogP contribution in [0.3, 0.4) is 0 Å². The number of likely N-dealkylation sites (tertiary alicyclic amines) is 2. The molecule has 9 heteroatoms. The van der Waals surface area contributed by atoms with Crippen molar-refractivity contribution in [1.82, 2.24) is 24.6 Å². The Morgan fingerprint density at radius 3 is 2.57 bits per heavy atom. The summed E-state index contributed by atoms with van der Waals surface area (Å²) in [6.07, 6.45) is 4.94. The first kappa shape index (κ1) is 19.3. The zero-order valence-corrected chi connectivity index (χ0v) is 17.4. The molecule has 150 valence electrons. The molecule has 1 N–H and O–H groups in total. The molecule has 0 bridgehead atoms. The number of nitrogens with zero attached hydrogens (tertiary/aromatic N) is 4. The van der Waals surface area contributed by atoms with Crippen molar-refractivity contribution in [3.8, 4) is 10.7 Å². The Morgan fingerprint density at radius 2 is 1.89 bits per heavy atom. The van der Waals surface area contributed by atoms with Gasteiger partial charge < -0.3 is 9.80 Å². The van der Waals surface area contributed by atoms with Gasteiger partial charge in [0, 0.05) is 32.1 Å². The lowest BCUT2D eigenvalue weighted by Crippen LogP contribution is -2.46. The smallest absolute Gasteiger partial charge is 0.242 e. The highest BCUT2D eigenvalue weighted by atomic mass is 32.1. The third-order valence-electron chi connectivity index (χ3n) is 5.66. The zero-order valence-electron chi connectivity index (χ0n) is 15.8. The Labute approximate surface area is 173 Å². The standard InChI is InChI=1S/C19H25N5O2S2/c25-16(13-24-17(20-21-19(24)27)15-5-4-12-28-15)22-10-6-14(7-11-22)18(26)23-8-2-1-3-9-23/h4-5,12,14H,1-3,6-11,13H2,(H,21,27). The third kappa shape index (κ3) is 4.05. The maximum atomic E-state index is 12.8. The largest absolute Gasteiger partial charge is 0.342 e. The lowest BCUT2D eigenvalue weighted by Gasteiger charge is -2.35. The monoisotopic (exact) mass is 419 g/mol. The van der Waals surface area contributed by atoms with E-state index in [0.29, 0.717) is 23.7 Å². The Balaban J connectivity index is 1.36. The second-order valence-electron chi connectivity index (χ2n) is 7.46. The lowest BCUT2D eigenvalue weighted by atomic mass is 9.94. The summed E-state index contributed by atoms with van der Waals surface area (Å²) in [6.45, 7) is 3.21. The van der Waals surface area contributed by atoms with E-state index in [4.69, 9.17) is 12.2 Å². The van der Waals surface area contributed by atoms with E-state index in [1.165, 1.54) is 6.42 Å². The van der Waals surface area contributed by atoms with E-state index in [1.54, 1.807) is 15.9 Å². The fourth-order valence-corrected chi connectivity index (χ4v) is 4.96. The lowest BCUT2D eigenvalue weighted by molar-refractivity contribution is -0.141. The molecule has 0 radical (unpaired) electrons. The van der Waals surface area contributed by atoms with E-state index >= 15 is 0 Å². The average molecular weight is 420 g/mol. The normalized spacial score (nSPS) is 18.4. The van der Waals surface area contributed by atoms with Gasteiger partial charge in [0.05, 0.1) is 4.88 Å². The number of hydrogen-bond acceptors (Lipinski definition) is 5. The van der Waals surface area contributed by atoms with Crippen LogP contribution in [0.5, 0.6) is 0 Å². The first-order chi connectivity index (χ1) is 13.6. The second kappa shape index (κ2) is 8.57. The van der Waals surface area contributed by atoms with Gasteiger partial charge in [0.1, 0.15) is 6.54 Å². The van der Waals surface area contributed by atoms with Gasteiger partial charge in [0.2, 0.25) is 11.8 Å². The maximum Gasteiger partial charge on any atom is 0.242 e. The number of H-pyrrole nitrogens is 1. The van der Waals surface area contributed by atoms with Crippen molar-refractivity contribution < 1.29 is 9.59 Å². The number of nitrogens with one attached hydrogen (secondary N) is 1. The molecule has 0 aliphatic carbocycles.